The summed E-state index contributed by atoms with van der Waals surface area (Å²) in [6.07, 6.45) is 8.02. The largest absolute Gasteiger partial charge is 0.289 e. The molecule has 3 aromatic rings. The van der Waals surface area contributed by atoms with E-state index in [1.54, 1.807) is 0 Å². The quantitative estimate of drug-likeness (QED) is 0.802. The number of pyridine rings is 1. The van der Waals surface area contributed by atoms with Gasteiger partial charge in [0.2, 0.25) is 0 Å². The molecule has 24 heavy (non-hydrogen) atoms. The summed E-state index contributed by atoms with van der Waals surface area (Å²) < 4.78 is 1.95. The van der Waals surface area contributed by atoms with Crippen LogP contribution in [0.15, 0.2) is 36.8 Å². The van der Waals surface area contributed by atoms with E-state index in [0.29, 0.717) is 6.04 Å². The van der Waals surface area contributed by atoms with Crippen molar-refractivity contribution in [1.82, 2.24) is 29.9 Å². The summed E-state index contributed by atoms with van der Waals surface area (Å²) in [5.74, 6) is 0. The number of hydrogen-bond donors (Lipinski definition) is 1. The minimum absolute atomic E-state index is 0.366. The number of hydrogen-bond acceptors (Lipinski definition) is 4. The van der Waals surface area contributed by atoms with Crippen LogP contribution in [0.3, 0.4) is 0 Å². The number of aromatic amines is 1. The Balaban J connectivity index is 1.63. The van der Waals surface area contributed by atoms with Crippen LogP contribution >= 0.6 is 0 Å². The van der Waals surface area contributed by atoms with Gasteiger partial charge in [-0.05, 0) is 50.1 Å². The molecule has 1 aliphatic heterocycles. The highest BCUT2D eigenvalue weighted by atomic mass is 15.3. The second kappa shape index (κ2) is 6.20. The van der Waals surface area contributed by atoms with Crippen LogP contribution in [0.1, 0.15) is 36.0 Å². The van der Waals surface area contributed by atoms with E-state index in [0.717, 1.165) is 36.5 Å². The lowest BCUT2D eigenvalue weighted by atomic mass is 10.0. The molecule has 1 aliphatic rings. The van der Waals surface area contributed by atoms with Gasteiger partial charge in [-0.1, -0.05) is 0 Å². The van der Waals surface area contributed by atoms with E-state index in [9.17, 15) is 0 Å². The number of nitrogens with zero attached hydrogens (tertiary/aromatic N) is 5. The lowest BCUT2D eigenvalue weighted by molar-refractivity contribution is 0.238. The summed E-state index contributed by atoms with van der Waals surface area (Å²) >= 11 is 0. The van der Waals surface area contributed by atoms with Gasteiger partial charge in [-0.3, -0.25) is 19.7 Å². The highest BCUT2D eigenvalue weighted by molar-refractivity contribution is 5.62. The summed E-state index contributed by atoms with van der Waals surface area (Å²) in [4.78, 5) is 7.34. The molecule has 0 aromatic carbocycles. The third-order valence-electron chi connectivity index (χ3n) is 4.80. The van der Waals surface area contributed by atoms with Gasteiger partial charge < -0.3 is 0 Å². The van der Waals surface area contributed by atoms with Crippen molar-refractivity contribution in [1.29, 1.82) is 0 Å². The standard InChI is InChI=1S/C18H22N6/c1-13-8-14(15-10-19-20-11-15)9-17(22-13)18-4-3-7-24(18)12-16-5-6-21-23(16)2/h5-6,8-11,18H,3-4,7,12H2,1-2H3,(H,19,20)/t18-/m0/s1. The molecule has 1 fully saturated rings. The molecule has 0 aliphatic carbocycles. The molecule has 0 unspecified atom stereocenters. The zero-order valence-corrected chi connectivity index (χ0v) is 14.1. The molecule has 0 saturated carbocycles. The van der Waals surface area contributed by atoms with Crippen LogP contribution in [0.2, 0.25) is 0 Å². The highest BCUT2D eigenvalue weighted by Crippen LogP contribution is 2.34. The lowest BCUT2D eigenvalue weighted by Gasteiger charge is -2.24. The predicted molar refractivity (Wildman–Crippen MR) is 92.1 cm³/mol. The molecule has 0 amide bonds. The molecule has 6 heteroatoms. The SMILES string of the molecule is Cc1cc(-c2cn[nH]c2)cc([C@@H]2CCCN2Cc2ccnn2C)n1. The van der Waals surface area contributed by atoms with Gasteiger partial charge in [-0.15, -0.1) is 0 Å². The van der Waals surface area contributed by atoms with E-state index in [2.05, 4.69) is 45.3 Å². The van der Waals surface area contributed by atoms with Crippen molar-refractivity contribution >= 4 is 0 Å². The third kappa shape index (κ3) is 2.85. The maximum Gasteiger partial charge on any atom is 0.0584 e. The van der Waals surface area contributed by atoms with Gasteiger partial charge in [0.15, 0.2) is 0 Å². The minimum Gasteiger partial charge on any atom is -0.289 e. The number of rotatable bonds is 4. The molecule has 124 valence electrons. The van der Waals surface area contributed by atoms with Crippen molar-refractivity contribution in [3.8, 4) is 11.1 Å². The van der Waals surface area contributed by atoms with Gasteiger partial charge in [-0.25, -0.2) is 0 Å². The maximum absolute atomic E-state index is 4.83. The summed E-state index contributed by atoms with van der Waals surface area (Å²) in [5.41, 5.74) is 5.74. The van der Waals surface area contributed by atoms with Crippen LogP contribution in [0.25, 0.3) is 11.1 Å². The van der Waals surface area contributed by atoms with Gasteiger partial charge in [0.25, 0.3) is 0 Å². The first kappa shape index (κ1) is 15.1. The first-order valence-corrected chi connectivity index (χ1v) is 8.39. The van der Waals surface area contributed by atoms with Crippen LogP contribution < -0.4 is 0 Å². The Hall–Kier alpha value is -2.47. The molecule has 0 spiro atoms. The molecule has 0 radical (unpaired) electrons. The third-order valence-corrected chi connectivity index (χ3v) is 4.80. The Bertz CT molecular complexity index is 820. The van der Waals surface area contributed by atoms with E-state index in [1.165, 1.54) is 17.7 Å². The molecular formula is C18H22N6. The van der Waals surface area contributed by atoms with Crippen LogP contribution in [-0.2, 0) is 13.6 Å². The highest BCUT2D eigenvalue weighted by Gasteiger charge is 2.28. The molecule has 6 nitrogen and oxygen atoms in total. The average Bonchev–Trinajstić information content (AvgIpc) is 3.30. The fourth-order valence-electron chi connectivity index (χ4n) is 3.56. The molecule has 3 aromatic heterocycles. The van der Waals surface area contributed by atoms with Crippen LogP contribution in [0.5, 0.6) is 0 Å². The number of aryl methyl sites for hydroxylation is 2. The molecule has 1 saturated heterocycles. The van der Waals surface area contributed by atoms with Gasteiger partial charge in [0.05, 0.1) is 23.6 Å². The van der Waals surface area contributed by atoms with Crippen molar-refractivity contribution in [2.75, 3.05) is 6.54 Å². The molecule has 4 rings (SSSR count). The Kier molecular flexibility index (Phi) is 3.90. The van der Waals surface area contributed by atoms with E-state index in [4.69, 9.17) is 4.98 Å². The minimum atomic E-state index is 0.366. The number of aromatic nitrogens is 5. The summed E-state index contributed by atoms with van der Waals surface area (Å²) in [6.45, 7) is 4.08. The topological polar surface area (TPSA) is 62.6 Å². The van der Waals surface area contributed by atoms with E-state index >= 15 is 0 Å². The second-order valence-corrected chi connectivity index (χ2v) is 6.48. The summed E-state index contributed by atoms with van der Waals surface area (Å²) in [7, 11) is 2.00. The van der Waals surface area contributed by atoms with Crippen molar-refractivity contribution in [3.05, 3.63) is 53.9 Å². The Morgan fingerprint density at radius 1 is 1.29 bits per heavy atom. The number of likely N-dealkylation sites (tertiary alicyclic amines) is 1. The molecule has 4 heterocycles. The van der Waals surface area contributed by atoms with Crippen molar-refractivity contribution in [3.63, 3.8) is 0 Å². The van der Waals surface area contributed by atoms with E-state index < -0.39 is 0 Å². The molecular weight excluding hydrogens is 300 g/mol. The number of H-pyrrole nitrogens is 1. The monoisotopic (exact) mass is 322 g/mol. The first-order valence-electron chi connectivity index (χ1n) is 8.39. The fourth-order valence-corrected chi connectivity index (χ4v) is 3.56. The second-order valence-electron chi connectivity index (χ2n) is 6.48. The van der Waals surface area contributed by atoms with Crippen molar-refractivity contribution in [2.45, 2.75) is 32.4 Å². The summed E-state index contributed by atoms with van der Waals surface area (Å²) in [6, 6.07) is 6.79. The van der Waals surface area contributed by atoms with Gasteiger partial charge in [0, 0.05) is 37.2 Å². The fraction of sp³-hybridized carbons (Fsp3) is 0.389. The zero-order valence-electron chi connectivity index (χ0n) is 14.1. The first-order chi connectivity index (χ1) is 11.7. The molecule has 0 bridgehead atoms. The van der Waals surface area contributed by atoms with Crippen molar-refractivity contribution < 1.29 is 0 Å². The maximum atomic E-state index is 4.83. The van der Waals surface area contributed by atoms with Crippen LogP contribution in [0.4, 0.5) is 0 Å². The van der Waals surface area contributed by atoms with Crippen molar-refractivity contribution in [2.24, 2.45) is 7.05 Å². The number of nitrogens with one attached hydrogen (secondary N) is 1. The van der Waals surface area contributed by atoms with Gasteiger partial charge >= 0.3 is 0 Å². The normalized spacial score (nSPS) is 18.3. The van der Waals surface area contributed by atoms with E-state index in [-0.39, 0.29) is 0 Å². The van der Waals surface area contributed by atoms with Gasteiger partial charge in [-0.2, -0.15) is 10.2 Å². The Labute approximate surface area is 141 Å². The van der Waals surface area contributed by atoms with Crippen LogP contribution in [0, 0.1) is 6.92 Å². The lowest BCUT2D eigenvalue weighted by Crippen LogP contribution is -2.24. The smallest absolute Gasteiger partial charge is 0.0584 e. The Morgan fingerprint density at radius 2 is 2.21 bits per heavy atom. The van der Waals surface area contributed by atoms with Crippen LogP contribution in [-0.4, -0.2) is 36.4 Å². The zero-order chi connectivity index (χ0) is 16.5. The predicted octanol–water partition coefficient (Wildman–Crippen LogP) is 2.85. The molecule has 1 N–H and O–H groups in total. The van der Waals surface area contributed by atoms with E-state index in [1.807, 2.05) is 30.3 Å². The summed E-state index contributed by atoms with van der Waals surface area (Å²) in [5, 5.41) is 11.2. The van der Waals surface area contributed by atoms with Gasteiger partial charge in [0.1, 0.15) is 0 Å². The molecule has 1 atom stereocenters. The Morgan fingerprint density at radius 3 is 2.96 bits per heavy atom. The average molecular weight is 322 g/mol.